The van der Waals surface area contributed by atoms with Gasteiger partial charge in [-0.1, -0.05) is 23.4 Å². The zero-order valence-electron chi connectivity index (χ0n) is 18.6. The molecule has 1 amide bonds. The number of benzene rings is 1. The summed E-state index contributed by atoms with van der Waals surface area (Å²) >= 11 is 1.59. The summed E-state index contributed by atoms with van der Waals surface area (Å²) in [4.78, 5) is 22.9. The van der Waals surface area contributed by atoms with Crippen molar-refractivity contribution in [2.24, 2.45) is 5.92 Å². The number of hydrogen-bond donors (Lipinski definition) is 1. The van der Waals surface area contributed by atoms with Crippen LogP contribution in [0, 0.1) is 5.92 Å². The van der Waals surface area contributed by atoms with Gasteiger partial charge in [0.1, 0.15) is 0 Å². The fraction of sp³-hybridized carbons (Fsp3) is 0.458. The highest BCUT2D eigenvalue weighted by molar-refractivity contribution is 7.13. The summed E-state index contributed by atoms with van der Waals surface area (Å²) in [7, 11) is 0. The monoisotopic (exact) mass is 467 g/mol. The van der Waals surface area contributed by atoms with Gasteiger partial charge in [0.2, 0.25) is 17.6 Å². The molecule has 3 aromatic rings. The second-order valence-corrected chi connectivity index (χ2v) is 9.49. The molecule has 4 heterocycles. The molecule has 1 N–H and O–H groups in total. The van der Waals surface area contributed by atoms with E-state index in [1.807, 2.05) is 17.5 Å². The van der Waals surface area contributed by atoms with Crippen molar-refractivity contribution in [3.8, 4) is 10.7 Å². The van der Waals surface area contributed by atoms with Crippen molar-refractivity contribution in [1.82, 2.24) is 20.4 Å². The maximum Gasteiger partial charge on any atom is 0.241 e. The van der Waals surface area contributed by atoms with E-state index in [-0.39, 0.29) is 11.8 Å². The second-order valence-electron chi connectivity index (χ2n) is 8.55. The van der Waals surface area contributed by atoms with E-state index < -0.39 is 0 Å². The number of nitrogens with one attached hydrogen (secondary N) is 1. The minimum absolute atomic E-state index is 0.0222. The molecular formula is C24H29N5O3S. The molecule has 2 fully saturated rings. The van der Waals surface area contributed by atoms with Crippen LogP contribution in [0.2, 0.25) is 0 Å². The number of morpholine rings is 1. The normalized spacial score (nSPS) is 19.5. The number of nitrogens with zero attached hydrogens (tertiary/aromatic N) is 4. The van der Waals surface area contributed by atoms with Crippen LogP contribution in [0.15, 0.2) is 46.3 Å². The Morgan fingerprint density at radius 3 is 2.79 bits per heavy atom. The first-order chi connectivity index (χ1) is 16.2. The Kier molecular flexibility index (Phi) is 6.99. The van der Waals surface area contributed by atoms with Crippen LogP contribution in [-0.4, -0.2) is 60.3 Å². The van der Waals surface area contributed by atoms with E-state index in [0.717, 1.165) is 56.1 Å². The number of ether oxygens (including phenoxy) is 1. The van der Waals surface area contributed by atoms with E-state index in [4.69, 9.17) is 9.26 Å². The zero-order chi connectivity index (χ0) is 22.5. The van der Waals surface area contributed by atoms with Gasteiger partial charge in [0.05, 0.1) is 30.6 Å². The average molecular weight is 468 g/mol. The van der Waals surface area contributed by atoms with Gasteiger partial charge in [0, 0.05) is 31.9 Å². The minimum atomic E-state index is -0.0222. The fourth-order valence-electron chi connectivity index (χ4n) is 4.41. The number of thiophene rings is 1. The Labute approximate surface area is 197 Å². The van der Waals surface area contributed by atoms with Crippen LogP contribution in [0.3, 0.4) is 0 Å². The van der Waals surface area contributed by atoms with Gasteiger partial charge in [-0.25, -0.2) is 0 Å². The predicted octanol–water partition coefficient (Wildman–Crippen LogP) is 3.16. The lowest BCUT2D eigenvalue weighted by Crippen LogP contribution is -2.42. The molecule has 5 rings (SSSR count). The number of amides is 1. The molecule has 9 heteroatoms. The second kappa shape index (κ2) is 10.5. The standard InChI is InChI=1S/C24H29N5O3S/c30-24(25-15-18-5-7-20(8-6-18)29-10-12-31-13-11-29)19-3-1-9-28(16-19)17-22-26-23(27-32-22)21-4-2-14-33-21/h2,4-8,14,19H,1,3,9-13,15-17H2,(H,25,30). The third kappa shape index (κ3) is 5.61. The Morgan fingerprint density at radius 2 is 2.00 bits per heavy atom. The lowest BCUT2D eigenvalue weighted by Gasteiger charge is -2.31. The van der Waals surface area contributed by atoms with Gasteiger partial charge >= 0.3 is 0 Å². The summed E-state index contributed by atoms with van der Waals surface area (Å²) in [6.07, 6.45) is 1.89. The molecule has 0 bridgehead atoms. The molecule has 2 aliphatic heterocycles. The van der Waals surface area contributed by atoms with Crippen LogP contribution < -0.4 is 10.2 Å². The number of anilines is 1. The Bertz CT molecular complexity index is 1030. The molecule has 1 atom stereocenters. The maximum absolute atomic E-state index is 12.8. The van der Waals surface area contributed by atoms with Crippen LogP contribution >= 0.6 is 11.3 Å². The third-order valence-corrected chi connectivity index (χ3v) is 7.09. The first kappa shape index (κ1) is 22.1. The van der Waals surface area contributed by atoms with Crippen molar-refractivity contribution in [3.05, 3.63) is 53.2 Å². The topological polar surface area (TPSA) is 83.7 Å². The Balaban J connectivity index is 1.10. The number of rotatable bonds is 7. The summed E-state index contributed by atoms with van der Waals surface area (Å²) in [5.74, 6) is 1.32. The van der Waals surface area contributed by atoms with E-state index in [2.05, 4.69) is 49.5 Å². The molecule has 8 nitrogen and oxygen atoms in total. The van der Waals surface area contributed by atoms with Gasteiger partial charge in [-0.2, -0.15) is 4.98 Å². The van der Waals surface area contributed by atoms with Crippen LogP contribution in [0.4, 0.5) is 5.69 Å². The van der Waals surface area contributed by atoms with Crippen LogP contribution in [-0.2, 0) is 22.6 Å². The maximum atomic E-state index is 12.8. The van der Waals surface area contributed by atoms with Gasteiger partial charge in [-0.3, -0.25) is 9.69 Å². The number of carbonyl (C=O) groups excluding carboxylic acids is 1. The number of aromatic nitrogens is 2. The summed E-state index contributed by atoms with van der Waals surface area (Å²) in [6, 6.07) is 12.4. The van der Waals surface area contributed by atoms with Crippen molar-refractivity contribution in [2.45, 2.75) is 25.9 Å². The highest BCUT2D eigenvalue weighted by atomic mass is 32.1. The van der Waals surface area contributed by atoms with Crippen molar-refractivity contribution in [2.75, 3.05) is 44.3 Å². The van der Waals surface area contributed by atoms with Crippen molar-refractivity contribution < 1.29 is 14.1 Å². The SMILES string of the molecule is O=C(NCc1ccc(N2CCOCC2)cc1)C1CCCN(Cc2nc(-c3cccs3)no2)C1. The van der Waals surface area contributed by atoms with Crippen LogP contribution in [0.1, 0.15) is 24.3 Å². The van der Waals surface area contributed by atoms with Gasteiger partial charge < -0.3 is 19.5 Å². The fourth-order valence-corrected chi connectivity index (χ4v) is 5.06. The lowest BCUT2D eigenvalue weighted by molar-refractivity contribution is -0.127. The zero-order valence-corrected chi connectivity index (χ0v) is 19.4. The van der Waals surface area contributed by atoms with E-state index >= 15 is 0 Å². The lowest BCUT2D eigenvalue weighted by atomic mass is 9.97. The first-order valence-corrected chi connectivity index (χ1v) is 12.4. The number of piperidine rings is 1. The van der Waals surface area contributed by atoms with E-state index in [1.165, 1.54) is 5.69 Å². The molecule has 2 saturated heterocycles. The summed E-state index contributed by atoms with van der Waals surface area (Å²) in [5, 5.41) is 9.21. The van der Waals surface area contributed by atoms with Gasteiger partial charge in [0.15, 0.2) is 0 Å². The third-order valence-electron chi connectivity index (χ3n) is 6.22. The molecule has 2 aliphatic rings. The van der Waals surface area contributed by atoms with Crippen LogP contribution in [0.25, 0.3) is 10.7 Å². The number of likely N-dealkylation sites (tertiary alicyclic amines) is 1. The van der Waals surface area contributed by atoms with Gasteiger partial charge in [-0.05, 0) is 48.5 Å². The summed E-state index contributed by atoms with van der Waals surface area (Å²) in [6.45, 7) is 6.16. The molecule has 0 radical (unpaired) electrons. The first-order valence-electron chi connectivity index (χ1n) is 11.5. The molecule has 1 aromatic carbocycles. The van der Waals surface area contributed by atoms with Crippen molar-refractivity contribution in [1.29, 1.82) is 0 Å². The van der Waals surface area contributed by atoms with E-state index in [1.54, 1.807) is 11.3 Å². The average Bonchev–Trinajstić information content (AvgIpc) is 3.56. The molecule has 0 spiro atoms. The summed E-state index contributed by atoms with van der Waals surface area (Å²) < 4.78 is 10.9. The molecule has 1 unspecified atom stereocenters. The smallest absolute Gasteiger partial charge is 0.241 e. The largest absolute Gasteiger partial charge is 0.378 e. The molecule has 33 heavy (non-hydrogen) atoms. The predicted molar refractivity (Wildman–Crippen MR) is 127 cm³/mol. The van der Waals surface area contributed by atoms with Crippen molar-refractivity contribution in [3.63, 3.8) is 0 Å². The number of carbonyl (C=O) groups is 1. The molecule has 174 valence electrons. The quantitative estimate of drug-likeness (QED) is 0.571. The van der Waals surface area contributed by atoms with Crippen LogP contribution in [0.5, 0.6) is 0 Å². The molecule has 0 aliphatic carbocycles. The summed E-state index contributed by atoms with van der Waals surface area (Å²) in [5.41, 5.74) is 2.32. The highest BCUT2D eigenvalue weighted by Crippen LogP contribution is 2.23. The van der Waals surface area contributed by atoms with E-state index in [9.17, 15) is 4.79 Å². The molecule has 2 aromatic heterocycles. The Morgan fingerprint density at radius 1 is 1.15 bits per heavy atom. The van der Waals surface area contributed by atoms with Gasteiger partial charge in [0.25, 0.3) is 0 Å². The Hall–Kier alpha value is -2.75. The van der Waals surface area contributed by atoms with E-state index in [0.29, 0.717) is 31.3 Å². The highest BCUT2D eigenvalue weighted by Gasteiger charge is 2.27. The van der Waals surface area contributed by atoms with Gasteiger partial charge in [-0.15, -0.1) is 11.3 Å². The molecular weight excluding hydrogens is 438 g/mol. The minimum Gasteiger partial charge on any atom is -0.378 e. The molecule has 0 saturated carbocycles. The van der Waals surface area contributed by atoms with Crippen molar-refractivity contribution >= 4 is 22.9 Å². The number of hydrogen-bond acceptors (Lipinski definition) is 8.